The molecule has 0 bridgehead atoms. The van der Waals surface area contributed by atoms with E-state index in [0.717, 1.165) is 17.3 Å². The number of carbonyl (C=O) groups excluding carboxylic acids is 1. The van der Waals surface area contributed by atoms with Gasteiger partial charge in [0.05, 0.1) is 13.3 Å². The molecule has 1 N–H and O–H groups in total. The number of nitrogens with zero attached hydrogens (tertiary/aromatic N) is 3. The predicted octanol–water partition coefficient (Wildman–Crippen LogP) is 5.23. The van der Waals surface area contributed by atoms with Crippen molar-refractivity contribution in [3.63, 3.8) is 0 Å². The van der Waals surface area contributed by atoms with Crippen molar-refractivity contribution < 1.29 is 18.7 Å². The number of anilines is 1. The van der Waals surface area contributed by atoms with Gasteiger partial charge in [0.15, 0.2) is 11.5 Å². The summed E-state index contributed by atoms with van der Waals surface area (Å²) in [5.41, 5.74) is 2.97. The van der Waals surface area contributed by atoms with Gasteiger partial charge in [0.25, 0.3) is 11.8 Å². The molecule has 0 aliphatic rings. The molecule has 32 heavy (non-hydrogen) atoms. The van der Waals surface area contributed by atoms with E-state index in [2.05, 4.69) is 15.3 Å². The van der Waals surface area contributed by atoms with Crippen LogP contribution in [-0.2, 0) is 4.79 Å². The Morgan fingerprint density at radius 1 is 1.22 bits per heavy atom. The molecule has 0 fully saturated rings. The van der Waals surface area contributed by atoms with Crippen molar-refractivity contribution in [3.05, 3.63) is 76.0 Å². The van der Waals surface area contributed by atoms with Crippen molar-refractivity contribution in [2.45, 2.75) is 13.8 Å². The fourth-order valence-electron chi connectivity index (χ4n) is 2.82. The molecule has 7 nitrogen and oxygen atoms in total. The number of aromatic nitrogens is 2. The van der Waals surface area contributed by atoms with Crippen LogP contribution in [0.1, 0.15) is 16.7 Å². The highest BCUT2D eigenvalue weighted by Gasteiger charge is 2.15. The highest BCUT2D eigenvalue weighted by Crippen LogP contribution is 2.33. The SMILES string of the molecule is COc1cc(/C=C(\C#N)C(=O)Nc2ccc(C)cc2C)ccc1Oc1nc(Cl)ncc1F. The highest BCUT2D eigenvalue weighted by molar-refractivity contribution is 6.28. The van der Waals surface area contributed by atoms with Crippen LogP contribution in [0.2, 0.25) is 5.28 Å². The van der Waals surface area contributed by atoms with Gasteiger partial charge in [-0.3, -0.25) is 4.79 Å². The molecular weight excluding hydrogens is 435 g/mol. The maximum Gasteiger partial charge on any atom is 0.266 e. The molecule has 162 valence electrons. The first-order valence-electron chi connectivity index (χ1n) is 9.35. The summed E-state index contributed by atoms with van der Waals surface area (Å²) in [6.45, 7) is 3.82. The summed E-state index contributed by atoms with van der Waals surface area (Å²) < 4.78 is 24.6. The Morgan fingerprint density at radius 3 is 2.69 bits per heavy atom. The Kier molecular flexibility index (Phi) is 7.03. The molecule has 0 radical (unpaired) electrons. The summed E-state index contributed by atoms with van der Waals surface area (Å²) in [4.78, 5) is 19.8. The van der Waals surface area contributed by atoms with Crippen molar-refractivity contribution in [2.75, 3.05) is 12.4 Å². The fraction of sp³-hybridized carbons (Fsp3) is 0.130. The number of amides is 1. The van der Waals surface area contributed by atoms with E-state index in [4.69, 9.17) is 21.1 Å². The van der Waals surface area contributed by atoms with Crippen LogP contribution in [0.3, 0.4) is 0 Å². The van der Waals surface area contributed by atoms with Crippen molar-refractivity contribution in [2.24, 2.45) is 0 Å². The lowest BCUT2D eigenvalue weighted by Crippen LogP contribution is -2.14. The third kappa shape index (κ3) is 5.39. The van der Waals surface area contributed by atoms with Crippen molar-refractivity contribution >= 4 is 29.3 Å². The smallest absolute Gasteiger partial charge is 0.266 e. The minimum atomic E-state index is -0.796. The van der Waals surface area contributed by atoms with E-state index in [-0.39, 0.29) is 28.2 Å². The van der Waals surface area contributed by atoms with Crippen LogP contribution >= 0.6 is 11.6 Å². The Balaban J connectivity index is 1.85. The Labute approximate surface area is 189 Å². The van der Waals surface area contributed by atoms with Gasteiger partial charge >= 0.3 is 0 Å². The quantitative estimate of drug-likeness (QED) is 0.312. The zero-order chi connectivity index (χ0) is 23.3. The van der Waals surface area contributed by atoms with Crippen LogP contribution in [0, 0.1) is 31.0 Å². The first-order valence-corrected chi connectivity index (χ1v) is 9.73. The first-order chi connectivity index (χ1) is 15.3. The standard InChI is InChI=1S/C23H18ClFN4O3/c1-13-4-6-18(14(2)8-13)28-21(30)16(11-26)9-15-5-7-19(20(10-15)31-3)32-22-17(25)12-27-23(24)29-22/h4-10,12H,1-3H3,(H,28,30)/b16-9+. The van der Waals surface area contributed by atoms with Crippen LogP contribution in [0.15, 0.2) is 48.2 Å². The van der Waals surface area contributed by atoms with Crippen LogP contribution in [0.25, 0.3) is 6.08 Å². The van der Waals surface area contributed by atoms with Gasteiger partial charge in [0, 0.05) is 5.69 Å². The Bertz CT molecular complexity index is 1250. The van der Waals surface area contributed by atoms with E-state index in [1.54, 1.807) is 12.1 Å². The molecule has 0 unspecified atom stereocenters. The summed E-state index contributed by atoms with van der Waals surface area (Å²) in [7, 11) is 1.40. The molecular formula is C23H18ClFN4O3. The molecule has 3 rings (SSSR count). The number of rotatable bonds is 6. The van der Waals surface area contributed by atoms with Gasteiger partial charge in [0.2, 0.25) is 11.1 Å². The summed E-state index contributed by atoms with van der Waals surface area (Å²) in [6, 6.07) is 12.1. The van der Waals surface area contributed by atoms with E-state index in [1.165, 1.54) is 25.3 Å². The average Bonchev–Trinajstić information content (AvgIpc) is 2.77. The lowest BCUT2D eigenvalue weighted by atomic mass is 10.1. The molecule has 0 saturated carbocycles. The lowest BCUT2D eigenvalue weighted by molar-refractivity contribution is -0.112. The molecule has 0 aliphatic heterocycles. The summed E-state index contributed by atoms with van der Waals surface area (Å²) in [5.74, 6) is -1.31. The number of methoxy groups -OCH3 is 1. The molecule has 1 amide bonds. The number of aryl methyl sites for hydroxylation is 2. The third-order valence-electron chi connectivity index (χ3n) is 4.38. The molecule has 2 aromatic carbocycles. The molecule has 0 saturated heterocycles. The van der Waals surface area contributed by atoms with Gasteiger partial charge in [-0.25, -0.2) is 4.98 Å². The van der Waals surface area contributed by atoms with Crippen LogP contribution in [0.5, 0.6) is 17.4 Å². The fourth-order valence-corrected chi connectivity index (χ4v) is 2.95. The molecule has 1 aromatic heterocycles. The number of benzene rings is 2. The van der Waals surface area contributed by atoms with Crippen molar-refractivity contribution in [1.82, 2.24) is 9.97 Å². The van der Waals surface area contributed by atoms with E-state index < -0.39 is 11.7 Å². The maximum atomic E-state index is 13.9. The highest BCUT2D eigenvalue weighted by atomic mass is 35.5. The van der Waals surface area contributed by atoms with Crippen molar-refractivity contribution in [3.8, 4) is 23.4 Å². The van der Waals surface area contributed by atoms with E-state index in [1.807, 2.05) is 32.0 Å². The first kappa shape index (κ1) is 22.7. The number of ether oxygens (including phenoxy) is 2. The minimum Gasteiger partial charge on any atom is -0.493 e. The van der Waals surface area contributed by atoms with Crippen LogP contribution < -0.4 is 14.8 Å². The van der Waals surface area contributed by atoms with E-state index >= 15 is 0 Å². The van der Waals surface area contributed by atoms with Gasteiger partial charge in [0.1, 0.15) is 11.6 Å². The minimum absolute atomic E-state index is 0.102. The Hall–Kier alpha value is -3.96. The van der Waals surface area contributed by atoms with Gasteiger partial charge in [-0.1, -0.05) is 23.8 Å². The molecule has 0 aliphatic carbocycles. The second-order valence-corrected chi connectivity index (χ2v) is 7.08. The van der Waals surface area contributed by atoms with Gasteiger partial charge < -0.3 is 14.8 Å². The summed E-state index contributed by atoms with van der Waals surface area (Å²) in [6.07, 6.45) is 2.30. The number of hydrogen-bond acceptors (Lipinski definition) is 6. The van der Waals surface area contributed by atoms with Crippen LogP contribution in [-0.4, -0.2) is 23.0 Å². The normalized spacial score (nSPS) is 10.9. The molecule has 0 spiro atoms. The van der Waals surface area contributed by atoms with Gasteiger partial charge in [-0.15, -0.1) is 0 Å². The summed E-state index contributed by atoms with van der Waals surface area (Å²) in [5, 5.41) is 12.0. The molecule has 0 atom stereocenters. The number of nitriles is 1. The Morgan fingerprint density at radius 2 is 2.00 bits per heavy atom. The molecule has 3 aromatic rings. The topological polar surface area (TPSA) is 97.1 Å². The number of nitrogens with one attached hydrogen (secondary N) is 1. The van der Waals surface area contributed by atoms with Gasteiger partial charge in [-0.2, -0.15) is 14.6 Å². The van der Waals surface area contributed by atoms with Crippen molar-refractivity contribution in [1.29, 1.82) is 5.26 Å². The molecule has 9 heteroatoms. The largest absolute Gasteiger partial charge is 0.493 e. The monoisotopic (exact) mass is 452 g/mol. The second-order valence-electron chi connectivity index (χ2n) is 6.75. The average molecular weight is 453 g/mol. The number of hydrogen-bond donors (Lipinski definition) is 1. The zero-order valence-electron chi connectivity index (χ0n) is 17.4. The lowest BCUT2D eigenvalue weighted by Gasteiger charge is -2.11. The van der Waals surface area contributed by atoms with E-state index in [0.29, 0.717) is 11.3 Å². The zero-order valence-corrected chi connectivity index (χ0v) is 18.2. The van der Waals surface area contributed by atoms with E-state index in [9.17, 15) is 14.4 Å². The molecule has 1 heterocycles. The second kappa shape index (κ2) is 9.90. The summed E-state index contributed by atoms with van der Waals surface area (Å²) >= 11 is 5.68. The van der Waals surface area contributed by atoms with Gasteiger partial charge in [-0.05, 0) is 60.9 Å². The number of halogens is 2. The maximum absolute atomic E-state index is 13.9. The number of carbonyl (C=O) groups is 1. The van der Waals surface area contributed by atoms with Crippen LogP contribution in [0.4, 0.5) is 10.1 Å². The predicted molar refractivity (Wildman–Crippen MR) is 118 cm³/mol. The third-order valence-corrected chi connectivity index (χ3v) is 4.57.